The van der Waals surface area contributed by atoms with Crippen molar-refractivity contribution < 1.29 is 14.6 Å². The van der Waals surface area contributed by atoms with Crippen molar-refractivity contribution >= 4 is 0 Å². The fourth-order valence-electron chi connectivity index (χ4n) is 1.33. The predicted molar refractivity (Wildman–Crippen MR) is 52.5 cm³/mol. The summed E-state index contributed by atoms with van der Waals surface area (Å²) in [7, 11) is 0. The van der Waals surface area contributed by atoms with Crippen LogP contribution in [0.1, 0.15) is 6.92 Å². The molecule has 0 atom stereocenters. The Bertz CT molecular complexity index is 301. The molecule has 1 heterocycles. The molecule has 2 rings (SSSR count). The molecule has 1 N–H and O–H groups in total. The van der Waals surface area contributed by atoms with Crippen LogP contribution in [0.3, 0.4) is 0 Å². The number of hydrogen-bond acceptors (Lipinski definition) is 3. The largest absolute Gasteiger partial charge is 0.508 e. The van der Waals surface area contributed by atoms with Gasteiger partial charge in [0, 0.05) is 5.41 Å². The first-order valence-electron chi connectivity index (χ1n) is 4.68. The molecule has 1 fully saturated rings. The summed E-state index contributed by atoms with van der Waals surface area (Å²) in [6, 6.07) is 6.76. The van der Waals surface area contributed by atoms with Gasteiger partial charge in [0.25, 0.3) is 0 Å². The Morgan fingerprint density at radius 2 is 2.00 bits per heavy atom. The number of benzene rings is 1. The van der Waals surface area contributed by atoms with Gasteiger partial charge in [0.05, 0.1) is 19.8 Å². The second-order valence-corrected chi connectivity index (χ2v) is 4.09. The summed E-state index contributed by atoms with van der Waals surface area (Å²) in [6.45, 7) is 4.34. The van der Waals surface area contributed by atoms with Crippen LogP contribution in [0.15, 0.2) is 24.3 Å². The molecule has 14 heavy (non-hydrogen) atoms. The third kappa shape index (κ3) is 1.99. The molecule has 0 unspecified atom stereocenters. The van der Waals surface area contributed by atoms with E-state index in [0.29, 0.717) is 6.61 Å². The van der Waals surface area contributed by atoms with E-state index >= 15 is 0 Å². The molecule has 1 aliphatic rings. The highest BCUT2D eigenvalue weighted by atomic mass is 16.5. The molecule has 0 amide bonds. The minimum Gasteiger partial charge on any atom is -0.508 e. The normalized spacial score (nSPS) is 18.6. The summed E-state index contributed by atoms with van der Waals surface area (Å²) in [4.78, 5) is 0. The molecule has 1 saturated heterocycles. The first-order valence-corrected chi connectivity index (χ1v) is 4.68. The molecule has 0 bridgehead atoms. The molecule has 0 spiro atoms. The van der Waals surface area contributed by atoms with E-state index < -0.39 is 0 Å². The summed E-state index contributed by atoms with van der Waals surface area (Å²) >= 11 is 0. The van der Waals surface area contributed by atoms with Crippen molar-refractivity contribution in [2.45, 2.75) is 6.92 Å². The zero-order chi connectivity index (χ0) is 10.0. The van der Waals surface area contributed by atoms with E-state index in [2.05, 4.69) is 6.92 Å². The van der Waals surface area contributed by atoms with Crippen molar-refractivity contribution in [2.24, 2.45) is 5.41 Å². The summed E-state index contributed by atoms with van der Waals surface area (Å²) in [5.74, 6) is 1.05. The minimum atomic E-state index is 0.165. The highest BCUT2D eigenvalue weighted by Crippen LogP contribution is 2.27. The van der Waals surface area contributed by atoms with E-state index in [9.17, 15) is 0 Å². The third-order valence-electron chi connectivity index (χ3n) is 2.33. The highest BCUT2D eigenvalue weighted by molar-refractivity contribution is 5.30. The molecular formula is C11H14O3. The van der Waals surface area contributed by atoms with E-state index in [1.165, 1.54) is 0 Å². The maximum absolute atomic E-state index is 9.07. The van der Waals surface area contributed by atoms with E-state index in [1.54, 1.807) is 24.3 Å². The Morgan fingerprint density at radius 1 is 1.36 bits per heavy atom. The molecule has 3 heteroatoms. The number of aromatic hydroxyl groups is 1. The fourth-order valence-corrected chi connectivity index (χ4v) is 1.33. The van der Waals surface area contributed by atoms with Gasteiger partial charge in [-0.2, -0.15) is 0 Å². The third-order valence-corrected chi connectivity index (χ3v) is 2.33. The Morgan fingerprint density at radius 3 is 2.50 bits per heavy atom. The van der Waals surface area contributed by atoms with Gasteiger partial charge in [0.1, 0.15) is 11.5 Å². The van der Waals surface area contributed by atoms with Crippen molar-refractivity contribution in [1.29, 1.82) is 0 Å². The standard InChI is InChI=1S/C11H14O3/c1-11(6-13-7-11)8-14-10-4-2-9(12)3-5-10/h2-5,12H,6-8H2,1H3. The molecule has 1 aliphatic heterocycles. The molecule has 0 aromatic heterocycles. The second kappa shape index (κ2) is 3.50. The molecule has 3 nitrogen and oxygen atoms in total. The lowest BCUT2D eigenvalue weighted by Gasteiger charge is -2.37. The van der Waals surface area contributed by atoms with E-state index in [1.807, 2.05) is 0 Å². The van der Waals surface area contributed by atoms with Gasteiger partial charge in [0.15, 0.2) is 0 Å². The molecule has 0 saturated carbocycles. The Balaban J connectivity index is 1.88. The van der Waals surface area contributed by atoms with Gasteiger partial charge in [-0.3, -0.25) is 0 Å². The first-order chi connectivity index (χ1) is 6.68. The van der Waals surface area contributed by atoms with Gasteiger partial charge in [-0.25, -0.2) is 0 Å². The van der Waals surface area contributed by atoms with Gasteiger partial charge in [-0.15, -0.1) is 0 Å². The summed E-state index contributed by atoms with van der Waals surface area (Å²) in [6.07, 6.45) is 0. The molecule has 1 aromatic carbocycles. The molecule has 0 aliphatic carbocycles. The van der Waals surface area contributed by atoms with Crippen LogP contribution in [0.4, 0.5) is 0 Å². The van der Waals surface area contributed by atoms with Crippen LogP contribution in [0, 0.1) is 5.41 Å². The lowest BCUT2D eigenvalue weighted by Crippen LogP contribution is -2.44. The fraction of sp³-hybridized carbons (Fsp3) is 0.455. The lowest BCUT2D eigenvalue weighted by atomic mass is 9.90. The number of hydrogen-bond donors (Lipinski definition) is 1. The van der Waals surface area contributed by atoms with Gasteiger partial charge in [-0.1, -0.05) is 6.92 Å². The molecule has 76 valence electrons. The van der Waals surface area contributed by atoms with Crippen LogP contribution in [0.25, 0.3) is 0 Å². The van der Waals surface area contributed by atoms with Gasteiger partial charge in [0.2, 0.25) is 0 Å². The second-order valence-electron chi connectivity index (χ2n) is 4.09. The van der Waals surface area contributed by atoms with Crippen molar-refractivity contribution in [3.05, 3.63) is 24.3 Å². The van der Waals surface area contributed by atoms with Crippen LogP contribution in [0.5, 0.6) is 11.5 Å². The Kier molecular flexibility index (Phi) is 2.33. The van der Waals surface area contributed by atoms with Crippen LogP contribution in [-0.4, -0.2) is 24.9 Å². The van der Waals surface area contributed by atoms with E-state index in [-0.39, 0.29) is 11.2 Å². The quantitative estimate of drug-likeness (QED) is 0.797. The average Bonchev–Trinajstić information content (AvgIpc) is 2.14. The van der Waals surface area contributed by atoms with Crippen molar-refractivity contribution in [2.75, 3.05) is 19.8 Å². The van der Waals surface area contributed by atoms with E-state index in [4.69, 9.17) is 14.6 Å². The zero-order valence-electron chi connectivity index (χ0n) is 8.19. The monoisotopic (exact) mass is 194 g/mol. The topological polar surface area (TPSA) is 38.7 Å². The SMILES string of the molecule is CC1(COc2ccc(O)cc2)COC1. The van der Waals surface area contributed by atoms with Gasteiger partial charge < -0.3 is 14.6 Å². The van der Waals surface area contributed by atoms with E-state index in [0.717, 1.165) is 19.0 Å². The van der Waals surface area contributed by atoms with Gasteiger partial charge >= 0.3 is 0 Å². The number of phenols is 1. The summed E-state index contributed by atoms with van der Waals surface area (Å²) < 4.78 is 10.7. The first kappa shape index (κ1) is 9.34. The number of phenolic OH excluding ortho intramolecular Hbond substituents is 1. The molecular weight excluding hydrogens is 180 g/mol. The number of rotatable bonds is 3. The summed E-state index contributed by atoms with van der Waals surface area (Å²) in [5, 5.41) is 9.07. The maximum Gasteiger partial charge on any atom is 0.119 e. The zero-order valence-corrected chi connectivity index (χ0v) is 8.19. The Labute approximate surface area is 83.3 Å². The predicted octanol–water partition coefficient (Wildman–Crippen LogP) is 1.81. The lowest BCUT2D eigenvalue weighted by molar-refractivity contribution is -0.120. The Hall–Kier alpha value is -1.22. The molecule has 0 radical (unpaired) electrons. The van der Waals surface area contributed by atoms with Gasteiger partial charge in [-0.05, 0) is 24.3 Å². The molecule has 1 aromatic rings. The average molecular weight is 194 g/mol. The smallest absolute Gasteiger partial charge is 0.119 e. The highest BCUT2D eigenvalue weighted by Gasteiger charge is 2.34. The summed E-state index contributed by atoms with van der Waals surface area (Å²) in [5.41, 5.74) is 0.165. The van der Waals surface area contributed by atoms with Crippen LogP contribution >= 0.6 is 0 Å². The van der Waals surface area contributed by atoms with Crippen molar-refractivity contribution in [3.8, 4) is 11.5 Å². The minimum absolute atomic E-state index is 0.165. The number of ether oxygens (including phenoxy) is 2. The van der Waals surface area contributed by atoms with Crippen molar-refractivity contribution in [1.82, 2.24) is 0 Å². The van der Waals surface area contributed by atoms with Crippen LogP contribution in [-0.2, 0) is 4.74 Å². The van der Waals surface area contributed by atoms with Crippen LogP contribution in [0.2, 0.25) is 0 Å². The maximum atomic E-state index is 9.07. The van der Waals surface area contributed by atoms with Crippen LogP contribution < -0.4 is 4.74 Å². The van der Waals surface area contributed by atoms with Crippen molar-refractivity contribution in [3.63, 3.8) is 0 Å².